The molecule has 0 aliphatic heterocycles. The first-order valence-corrected chi connectivity index (χ1v) is 4.53. The first-order chi connectivity index (χ1) is 7.09. The Labute approximate surface area is 85.7 Å². The van der Waals surface area contributed by atoms with E-state index in [1.807, 2.05) is 19.1 Å². The normalized spacial score (nSPS) is 11.2. The standard InChI is InChI=1S/C11H10F2N2/c1-6-3-2-4-7-8(14)5-9(11(12)13)15-10(6)7/h2-5,11H,1H3,(H2,14,15). The van der Waals surface area contributed by atoms with E-state index in [1.54, 1.807) is 6.07 Å². The summed E-state index contributed by atoms with van der Waals surface area (Å²) in [6.07, 6.45) is -2.59. The Bertz CT molecular complexity index is 509. The molecule has 0 unspecified atom stereocenters. The minimum absolute atomic E-state index is 0.269. The van der Waals surface area contributed by atoms with Gasteiger partial charge >= 0.3 is 0 Å². The maximum atomic E-state index is 12.5. The smallest absolute Gasteiger partial charge is 0.280 e. The van der Waals surface area contributed by atoms with E-state index in [2.05, 4.69) is 4.98 Å². The molecule has 2 nitrogen and oxygen atoms in total. The van der Waals surface area contributed by atoms with Crippen LogP contribution in [0.5, 0.6) is 0 Å². The molecule has 2 rings (SSSR count). The van der Waals surface area contributed by atoms with Crippen LogP contribution in [-0.2, 0) is 0 Å². The number of anilines is 1. The lowest BCUT2D eigenvalue weighted by molar-refractivity contribution is 0.146. The Morgan fingerprint density at radius 1 is 1.33 bits per heavy atom. The first-order valence-electron chi connectivity index (χ1n) is 4.53. The number of rotatable bonds is 1. The molecule has 15 heavy (non-hydrogen) atoms. The number of aromatic nitrogens is 1. The Morgan fingerprint density at radius 2 is 2.07 bits per heavy atom. The van der Waals surface area contributed by atoms with Crippen molar-refractivity contribution in [1.82, 2.24) is 4.98 Å². The second-order valence-corrected chi connectivity index (χ2v) is 3.41. The van der Waals surface area contributed by atoms with Crippen molar-refractivity contribution >= 4 is 16.6 Å². The number of para-hydroxylation sites is 1. The summed E-state index contributed by atoms with van der Waals surface area (Å²) in [6, 6.07) is 6.66. The molecule has 0 atom stereocenters. The van der Waals surface area contributed by atoms with Gasteiger partial charge in [-0.1, -0.05) is 18.2 Å². The topological polar surface area (TPSA) is 38.9 Å². The maximum absolute atomic E-state index is 12.5. The van der Waals surface area contributed by atoms with Crippen LogP contribution in [0.2, 0.25) is 0 Å². The van der Waals surface area contributed by atoms with Crippen molar-refractivity contribution in [2.45, 2.75) is 13.3 Å². The number of hydrogen-bond donors (Lipinski definition) is 1. The van der Waals surface area contributed by atoms with Gasteiger partial charge in [-0.05, 0) is 18.6 Å². The molecule has 1 aromatic carbocycles. The van der Waals surface area contributed by atoms with E-state index in [4.69, 9.17) is 5.73 Å². The van der Waals surface area contributed by atoms with Crippen molar-refractivity contribution in [2.24, 2.45) is 0 Å². The molecule has 1 aromatic heterocycles. The van der Waals surface area contributed by atoms with Gasteiger partial charge in [-0.3, -0.25) is 0 Å². The minimum atomic E-state index is -2.59. The van der Waals surface area contributed by atoms with Crippen molar-refractivity contribution in [3.8, 4) is 0 Å². The van der Waals surface area contributed by atoms with Crippen LogP contribution >= 0.6 is 0 Å². The first kappa shape index (κ1) is 9.83. The highest BCUT2D eigenvalue weighted by Crippen LogP contribution is 2.27. The van der Waals surface area contributed by atoms with Crippen molar-refractivity contribution in [3.63, 3.8) is 0 Å². The quantitative estimate of drug-likeness (QED) is 0.782. The summed E-state index contributed by atoms with van der Waals surface area (Å²) in [5.74, 6) is 0. The highest BCUT2D eigenvalue weighted by molar-refractivity contribution is 5.92. The third kappa shape index (κ3) is 1.63. The summed E-state index contributed by atoms with van der Waals surface area (Å²) in [5.41, 5.74) is 7.17. The molecule has 4 heteroatoms. The van der Waals surface area contributed by atoms with E-state index in [0.29, 0.717) is 11.2 Å². The average Bonchev–Trinajstić information content (AvgIpc) is 2.19. The largest absolute Gasteiger partial charge is 0.398 e. The molecule has 0 bridgehead atoms. The fraction of sp³-hybridized carbons (Fsp3) is 0.182. The predicted molar refractivity (Wildman–Crippen MR) is 55.8 cm³/mol. The van der Waals surface area contributed by atoms with Crippen LogP contribution in [0.15, 0.2) is 24.3 Å². The van der Waals surface area contributed by atoms with E-state index in [1.165, 1.54) is 6.07 Å². The van der Waals surface area contributed by atoms with Gasteiger partial charge in [0.25, 0.3) is 6.43 Å². The Balaban J connectivity index is 2.80. The zero-order valence-electron chi connectivity index (χ0n) is 8.17. The molecule has 2 N–H and O–H groups in total. The average molecular weight is 208 g/mol. The number of aryl methyl sites for hydroxylation is 1. The van der Waals surface area contributed by atoms with Gasteiger partial charge in [0, 0.05) is 11.1 Å². The number of hydrogen-bond acceptors (Lipinski definition) is 2. The molecule has 0 aliphatic carbocycles. The molecule has 1 heterocycles. The van der Waals surface area contributed by atoms with E-state index < -0.39 is 6.43 Å². The molecule has 0 spiro atoms. The van der Waals surface area contributed by atoms with Crippen LogP contribution in [0, 0.1) is 6.92 Å². The van der Waals surface area contributed by atoms with Crippen LogP contribution in [0.4, 0.5) is 14.5 Å². The van der Waals surface area contributed by atoms with Gasteiger partial charge in [-0.25, -0.2) is 13.8 Å². The maximum Gasteiger partial charge on any atom is 0.280 e. The molecule has 2 aromatic rings. The van der Waals surface area contributed by atoms with Crippen LogP contribution in [0.1, 0.15) is 17.7 Å². The van der Waals surface area contributed by atoms with Crippen molar-refractivity contribution in [1.29, 1.82) is 0 Å². The van der Waals surface area contributed by atoms with Crippen LogP contribution in [0.3, 0.4) is 0 Å². The molecule has 78 valence electrons. The number of fused-ring (bicyclic) bond motifs is 1. The summed E-state index contributed by atoms with van der Waals surface area (Å²) in [7, 11) is 0. The number of nitrogen functional groups attached to an aromatic ring is 1. The van der Waals surface area contributed by atoms with Crippen LogP contribution in [0.25, 0.3) is 10.9 Å². The molecule has 0 amide bonds. The number of pyridine rings is 1. The lowest BCUT2D eigenvalue weighted by Crippen LogP contribution is -1.97. The Kier molecular flexibility index (Phi) is 2.26. The minimum Gasteiger partial charge on any atom is -0.398 e. The van der Waals surface area contributed by atoms with Gasteiger partial charge in [0.15, 0.2) is 0 Å². The molecule has 0 aliphatic rings. The third-order valence-electron chi connectivity index (χ3n) is 2.32. The number of nitrogens with two attached hydrogens (primary N) is 1. The summed E-state index contributed by atoms with van der Waals surface area (Å²) < 4.78 is 25.0. The monoisotopic (exact) mass is 208 g/mol. The summed E-state index contributed by atoms with van der Waals surface area (Å²) in [6.45, 7) is 1.82. The van der Waals surface area contributed by atoms with Crippen molar-refractivity contribution in [2.75, 3.05) is 5.73 Å². The predicted octanol–water partition coefficient (Wildman–Crippen LogP) is 3.06. The lowest BCUT2D eigenvalue weighted by atomic mass is 10.1. The van der Waals surface area contributed by atoms with Crippen LogP contribution in [-0.4, -0.2) is 4.98 Å². The molecule has 0 saturated carbocycles. The zero-order chi connectivity index (χ0) is 11.0. The number of benzene rings is 1. The van der Waals surface area contributed by atoms with E-state index in [0.717, 1.165) is 10.9 Å². The molecule has 0 radical (unpaired) electrons. The highest BCUT2D eigenvalue weighted by atomic mass is 19.3. The van der Waals surface area contributed by atoms with Gasteiger partial charge in [0.2, 0.25) is 0 Å². The fourth-order valence-corrected chi connectivity index (χ4v) is 1.55. The van der Waals surface area contributed by atoms with Gasteiger partial charge in [0.05, 0.1) is 5.52 Å². The number of nitrogens with zero attached hydrogens (tertiary/aromatic N) is 1. The second kappa shape index (κ2) is 3.46. The molecular weight excluding hydrogens is 198 g/mol. The van der Waals surface area contributed by atoms with E-state index in [-0.39, 0.29) is 5.69 Å². The zero-order valence-corrected chi connectivity index (χ0v) is 8.17. The Hall–Kier alpha value is -1.71. The highest BCUT2D eigenvalue weighted by Gasteiger charge is 2.12. The summed E-state index contributed by atoms with van der Waals surface area (Å²) in [4.78, 5) is 3.91. The van der Waals surface area contributed by atoms with Gasteiger partial charge < -0.3 is 5.73 Å². The van der Waals surface area contributed by atoms with Gasteiger partial charge in [-0.15, -0.1) is 0 Å². The number of alkyl halides is 2. The van der Waals surface area contributed by atoms with E-state index >= 15 is 0 Å². The third-order valence-corrected chi connectivity index (χ3v) is 2.32. The Morgan fingerprint density at radius 3 is 2.73 bits per heavy atom. The van der Waals surface area contributed by atoms with Gasteiger partial charge in [0.1, 0.15) is 5.69 Å². The molecular formula is C11H10F2N2. The van der Waals surface area contributed by atoms with Crippen molar-refractivity contribution in [3.05, 3.63) is 35.5 Å². The summed E-state index contributed by atoms with van der Waals surface area (Å²) >= 11 is 0. The molecule has 0 saturated heterocycles. The second-order valence-electron chi connectivity index (χ2n) is 3.41. The lowest BCUT2D eigenvalue weighted by Gasteiger charge is -2.07. The molecule has 0 fully saturated rings. The summed E-state index contributed by atoms with van der Waals surface area (Å²) in [5, 5.41) is 0.722. The van der Waals surface area contributed by atoms with Crippen LogP contribution < -0.4 is 5.73 Å². The van der Waals surface area contributed by atoms with Crippen molar-refractivity contribution < 1.29 is 8.78 Å². The number of halogens is 2. The van der Waals surface area contributed by atoms with E-state index in [9.17, 15) is 8.78 Å². The SMILES string of the molecule is Cc1cccc2c(N)cc(C(F)F)nc12. The fourth-order valence-electron chi connectivity index (χ4n) is 1.55. The van der Waals surface area contributed by atoms with Gasteiger partial charge in [-0.2, -0.15) is 0 Å².